The Morgan fingerprint density at radius 3 is 1.31 bits per heavy atom. The zero-order valence-corrected chi connectivity index (χ0v) is 20.6. The Morgan fingerprint density at radius 1 is 0.615 bits per heavy atom. The molecule has 0 aromatic heterocycles. The summed E-state index contributed by atoms with van der Waals surface area (Å²) in [6.07, 6.45) is 19.0. The molecule has 4 heteroatoms. The van der Waals surface area contributed by atoms with Gasteiger partial charge < -0.3 is 0 Å². The first-order valence-corrected chi connectivity index (χ1v) is 13.9. The molecule has 1 fully saturated rings. The van der Waals surface area contributed by atoms with Crippen LogP contribution in [-0.4, -0.2) is 19.9 Å². The first-order chi connectivity index (χ1) is 12.7. The number of rotatable bonds is 14. The molecule has 0 aromatic carbocycles. The highest BCUT2D eigenvalue weighted by atomic mass is 32.2. The molecule has 0 radical (unpaired) electrons. The highest BCUT2D eigenvalue weighted by Gasteiger charge is 2.32. The van der Waals surface area contributed by atoms with Gasteiger partial charge >= 0.3 is 0 Å². The maximum Gasteiger partial charge on any atom is 0.235 e. The second kappa shape index (κ2) is 16.8. The van der Waals surface area contributed by atoms with Gasteiger partial charge in [-0.1, -0.05) is 88.7 Å². The fraction of sp³-hybridized carbons (Fsp3) is 0.909. The number of thioether (sulfide) groups is 2. The molecule has 152 valence electrons. The Hall–Kier alpha value is 0.880. The fourth-order valence-corrected chi connectivity index (χ4v) is 6.71. The molecular weight excluding hydrogens is 393 g/mol. The van der Waals surface area contributed by atoms with Crippen molar-refractivity contribution in [3.63, 3.8) is 0 Å². The second-order valence-electron chi connectivity index (χ2n) is 7.75. The van der Waals surface area contributed by atoms with Gasteiger partial charge in [-0.2, -0.15) is 0 Å². The van der Waals surface area contributed by atoms with Crippen molar-refractivity contribution in [2.24, 2.45) is 11.8 Å². The Morgan fingerprint density at radius 2 is 0.962 bits per heavy atom. The molecule has 0 bridgehead atoms. The van der Waals surface area contributed by atoms with Gasteiger partial charge in [-0.15, -0.1) is 0 Å². The van der Waals surface area contributed by atoms with E-state index in [0.717, 1.165) is 11.8 Å². The van der Waals surface area contributed by atoms with Crippen molar-refractivity contribution in [2.75, 3.05) is 11.5 Å². The van der Waals surface area contributed by atoms with Gasteiger partial charge in [0.2, 0.25) is 8.39 Å². The molecule has 0 N–H and O–H groups in total. The maximum absolute atomic E-state index is 4.84. The molecule has 26 heavy (non-hydrogen) atoms. The Kier molecular flexibility index (Phi) is 16.1. The highest BCUT2D eigenvalue weighted by Crippen LogP contribution is 2.35. The predicted molar refractivity (Wildman–Crippen MR) is 135 cm³/mol. The topological polar surface area (TPSA) is 0 Å². The molecule has 1 aliphatic carbocycles. The van der Waals surface area contributed by atoms with Crippen molar-refractivity contribution < 1.29 is 0 Å². The molecule has 0 nitrogen and oxygen atoms in total. The van der Waals surface area contributed by atoms with Gasteiger partial charge in [-0.3, -0.25) is 0 Å². The number of hydrogen-bond donors (Lipinski definition) is 0. The summed E-state index contributed by atoms with van der Waals surface area (Å²) in [4.78, 5) is 0. The molecule has 0 spiro atoms. The fourth-order valence-electron chi connectivity index (χ4n) is 3.59. The van der Waals surface area contributed by atoms with E-state index in [2.05, 4.69) is 13.8 Å². The number of hydrogen-bond acceptors (Lipinski definition) is 2. The van der Waals surface area contributed by atoms with Crippen LogP contribution < -0.4 is 0 Å². The molecule has 0 amide bonds. The molecule has 1 rings (SSSR count). The third kappa shape index (κ3) is 11.7. The van der Waals surface area contributed by atoms with E-state index in [1.807, 2.05) is 23.5 Å². The van der Waals surface area contributed by atoms with E-state index in [-0.39, 0.29) is 0 Å². The van der Waals surface area contributed by atoms with Crippen LogP contribution in [0.3, 0.4) is 0 Å². The quantitative estimate of drug-likeness (QED) is 0.125. The molecule has 0 aromatic rings. The monoisotopic (exact) mass is 434 g/mol. The largest absolute Gasteiger partial charge is 0.235 e. The van der Waals surface area contributed by atoms with Crippen molar-refractivity contribution >= 4 is 56.4 Å². The SMILES string of the molecule is CCCCCCCSC(=[SH+])C1CCC(C(=[SH+])SCCCCCCC)CC1. The average Bonchev–Trinajstić information content (AvgIpc) is 2.67. The van der Waals surface area contributed by atoms with Crippen LogP contribution >= 0.6 is 23.5 Å². The lowest BCUT2D eigenvalue weighted by molar-refractivity contribution is 0.398. The van der Waals surface area contributed by atoms with Gasteiger partial charge in [0.15, 0.2) is 24.4 Å². The highest BCUT2D eigenvalue weighted by molar-refractivity contribution is 8.20. The summed E-state index contributed by atoms with van der Waals surface area (Å²) in [5.74, 6) is 3.99. The van der Waals surface area contributed by atoms with Gasteiger partial charge in [-0.25, -0.2) is 0 Å². The van der Waals surface area contributed by atoms with E-state index < -0.39 is 0 Å². The van der Waals surface area contributed by atoms with Crippen molar-refractivity contribution in [3.05, 3.63) is 0 Å². The van der Waals surface area contributed by atoms with Crippen LogP contribution in [0, 0.1) is 11.8 Å². The lowest BCUT2D eigenvalue weighted by atomic mass is 9.84. The van der Waals surface area contributed by atoms with Crippen LogP contribution in [0.1, 0.15) is 104 Å². The van der Waals surface area contributed by atoms with Crippen molar-refractivity contribution in [3.8, 4) is 0 Å². The average molecular weight is 435 g/mol. The van der Waals surface area contributed by atoms with E-state index in [4.69, 9.17) is 24.4 Å². The lowest BCUT2D eigenvalue weighted by Gasteiger charge is -2.24. The molecule has 0 unspecified atom stereocenters. The van der Waals surface area contributed by atoms with Gasteiger partial charge in [0, 0.05) is 23.3 Å². The summed E-state index contributed by atoms with van der Waals surface area (Å²) in [5, 5.41) is 0. The van der Waals surface area contributed by atoms with Crippen molar-refractivity contribution in [2.45, 2.75) is 104 Å². The minimum Gasteiger partial charge on any atom is -0.0697 e. The third-order valence-corrected chi connectivity index (χ3v) is 9.17. The third-order valence-electron chi connectivity index (χ3n) is 5.42. The number of thiol groups is 2. The van der Waals surface area contributed by atoms with Crippen LogP contribution in [0.15, 0.2) is 0 Å². The van der Waals surface area contributed by atoms with Crippen LogP contribution in [0.25, 0.3) is 0 Å². The summed E-state index contributed by atoms with van der Waals surface area (Å²) >= 11 is 13.7. The van der Waals surface area contributed by atoms with Crippen molar-refractivity contribution in [1.82, 2.24) is 0 Å². The molecule has 0 atom stereocenters. The van der Waals surface area contributed by atoms with E-state index in [1.165, 1.54) is 110 Å². The predicted octanol–water partition coefficient (Wildman–Crippen LogP) is 7.02. The summed E-state index contributed by atoms with van der Waals surface area (Å²) in [5.41, 5.74) is 0. The summed E-state index contributed by atoms with van der Waals surface area (Å²) in [6.45, 7) is 4.56. The minimum absolute atomic E-state index is 0.732. The summed E-state index contributed by atoms with van der Waals surface area (Å²) in [6, 6.07) is 0. The molecule has 0 aliphatic heterocycles. The van der Waals surface area contributed by atoms with E-state index in [1.54, 1.807) is 0 Å². The zero-order chi connectivity index (χ0) is 19.0. The Balaban J connectivity index is 2.07. The van der Waals surface area contributed by atoms with E-state index >= 15 is 0 Å². The summed E-state index contributed by atoms with van der Waals surface area (Å²) in [7, 11) is 0. The van der Waals surface area contributed by atoms with Gasteiger partial charge in [0.1, 0.15) is 0 Å². The van der Waals surface area contributed by atoms with Crippen LogP contribution in [0.2, 0.25) is 0 Å². The first-order valence-electron chi connectivity index (χ1n) is 11.1. The number of unbranched alkanes of at least 4 members (excludes halogenated alkanes) is 8. The standard InChI is InChI=1S/C22H40S4/c1-3-5-7-9-11-17-25-21(23)19-13-15-20(16-14-19)22(24)26-18-12-10-8-6-4-2/h19-20H,3-18H2,1-2H3/p+2. The first kappa shape index (κ1) is 24.9. The molecule has 1 aliphatic rings. The van der Waals surface area contributed by atoms with Gasteiger partial charge in [0.25, 0.3) is 0 Å². The van der Waals surface area contributed by atoms with E-state index in [0.29, 0.717) is 0 Å². The van der Waals surface area contributed by atoms with Crippen LogP contribution in [0.4, 0.5) is 0 Å². The van der Waals surface area contributed by atoms with E-state index in [9.17, 15) is 0 Å². The molecule has 0 heterocycles. The van der Waals surface area contributed by atoms with Crippen LogP contribution in [-0.2, 0) is 24.4 Å². The van der Waals surface area contributed by atoms with Gasteiger partial charge in [-0.05, 0) is 38.5 Å². The maximum atomic E-state index is 4.84. The summed E-state index contributed by atoms with van der Waals surface area (Å²) < 4.78 is 2.81. The van der Waals surface area contributed by atoms with Gasteiger partial charge in [0.05, 0.1) is 0 Å². The zero-order valence-electron chi connectivity index (χ0n) is 17.2. The molecule has 1 saturated carbocycles. The normalized spacial score (nSPS) is 20.2. The van der Waals surface area contributed by atoms with Crippen molar-refractivity contribution in [1.29, 1.82) is 0 Å². The smallest absolute Gasteiger partial charge is 0.0697 e. The lowest BCUT2D eigenvalue weighted by Crippen LogP contribution is -2.23. The Labute approximate surface area is 182 Å². The minimum atomic E-state index is 0.732. The second-order valence-corrected chi connectivity index (χ2v) is 11.6. The molecular formula is C22H42S4+2. The Bertz CT molecular complexity index is 336. The molecule has 0 saturated heterocycles. The van der Waals surface area contributed by atoms with Crippen LogP contribution in [0.5, 0.6) is 0 Å².